The molecule has 0 bridgehead atoms. The molecule has 15 heavy (non-hydrogen) atoms. The molecule has 1 N–H and O–H groups in total. The zero-order chi connectivity index (χ0) is 10.7. The fourth-order valence-electron chi connectivity index (χ4n) is 3.45. The Balaban J connectivity index is 1.99. The lowest BCUT2D eigenvalue weighted by Gasteiger charge is -2.45. The second-order valence-corrected chi connectivity index (χ2v) is 5.31. The summed E-state index contributed by atoms with van der Waals surface area (Å²) in [5, 5.41) is 3.49. The molecule has 0 radical (unpaired) electrons. The second-order valence-electron chi connectivity index (χ2n) is 5.31. The van der Waals surface area contributed by atoms with Crippen molar-refractivity contribution in [2.45, 2.75) is 58.0 Å². The summed E-state index contributed by atoms with van der Waals surface area (Å²) in [6.07, 6.45) is 7.22. The van der Waals surface area contributed by atoms with Crippen molar-refractivity contribution in [3.63, 3.8) is 0 Å². The van der Waals surface area contributed by atoms with Crippen molar-refractivity contribution in [2.24, 2.45) is 5.92 Å². The van der Waals surface area contributed by atoms with Crippen molar-refractivity contribution in [3.8, 4) is 0 Å². The van der Waals surface area contributed by atoms with Crippen LogP contribution in [0.2, 0.25) is 0 Å². The third-order valence-corrected chi connectivity index (χ3v) is 4.37. The third-order valence-electron chi connectivity index (χ3n) is 4.37. The lowest BCUT2D eigenvalue weighted by atomic mass is 9.81. The summed E-state index contributed by atoms with van der Waals surface area (Å²) in [6.45, 7) is 8.40. The highest BCUT2D eigenvalue weighted by Crippen LogP contribution is 2.31. The normalized spacial score (nSPS) is 39.2. The fraction of sp³-hybridized carbons (Fsp3) is 1.00. The zero-order valence-corrected chi connectivity index (χ0v) is 10.3. The van der Waals surface area contributed by atoms with E-state index in [0.29, 0.717) is 0 Å². The predicted octanol–water partition coefficient (Wildman–Crippen LogP) is 2.25. The Morgan fingerprint density at radius 2 is 2.07 bits per heavy atom. The van der Waals surface area contributed by atoms with Gasteiger partial charge in [0, 0.05) is 31.7 Å². The van der Waals surface area contributed by atoms with Gasteiger partial charge in [0.25, 0.3) is 0 Å². The van der Waals surface area contributed by atoms with Crippen molar-refractivity contribution in [1.82, 2.24) is 10.2 Å². The molecule has 0 amide bonds. The SMILES string of the molecule is CCC1CCCCC1N1CCNC[C@@H]1C. The van der Waals surface area contributed by atoms with Gasteiger partial charge in [0.1, 0.15) is 0 Å². The van der Waals surface area contributed by atoms with Gasteiger partial charge < -0.3 is 5.32 Å². The number of hydrogen-bond donors (Lipinski definition) is 1. The Labute approximate surface area is 94.4 Å². The van der Waals surface area contributed by atoms with Gasteiger partial charge in [-0.2, -0.15) is 0 Å². The van der Waals surface area contributed by atoms with Gasteiger partial charge in [0.2, 0.25) is 0 Å². The van der Waals surface area contributed by atoms with Gasteiger partial charge >= 0.3 is 0 Å². The first-order chi connectivity index (χ1) is 7.33. The lowest BCUT2D eigenvalue weighted by Crippen LogP contribution is -2.56. The van der Waals surface area contributed by atoms with Crippen LogP contribution in [-0.2, 0) is 0 Å². The molecule has 0 spiro atoms. The van der Waals surface area contributed by atoms with E-state index < -0.39 is 0 Å². The zero-order valence-electron chi connectivity index (χ0n) is 10.3. The first-order valence-electron chi connectivity index (χ1n) is 6.79. The first-order valence-corrected chi connectivity index (χ1v) is 6.79. The molecule has 88 valence electrons. The van der Waals surface area contributed by atoms with E-state index >= 15 is 0 Å². The Bertz CT molecular complexity index is 193. The highest BCUT2D eigenvalue weighted by Gasteiger charge is 2.32. The molecule has 2 aliphatic rings. The molecular formula is C13H26N2. The van der Waals surface area contributed by atoms with Crippen LogP contribution in [0.1, 0.15) is 46.0 Å². The quantitative estimate of drug-likeness (QED) is 0.752. The van der Waals surface area contributed by atoms with Crippen molar-refractivity contribution in [3.05, 3.63) is 0 Å². The summed E-state index contributed by atoms with van der Waals surface area (Å²) >= 11 is 0. The molecular weight excluding hydrogens is 184 g/mol. The standard InChI is InChI=1S/C13H26N2/c1-3-12-6-4-5-7-13(12)15-9-8-14-10-11(15)2/h11-14H,3-10H2,1-2H3/t11-,12?,13?/m0/s1. The Kier molecular flexibility index (Phi) is 4.04. The summed E-state index contributed by atoms with van der Waals surface area (Å²) in [7, 11) is 0. The van der Waals surface area contributed by atoms with E-state index in [1.807, 2.05) is 0 Å². The molecule has 1 aliphatic heterocycles. The molecule has 2 fully saturated rings. The largest absolute Gasteiger partial charge is 0.314 e. The highest BCUT2D eigenvalue weighted by molar-refractivity contribution is 4.88. The van der Waals surface area contributed by atoms with Crippen LogP contribution >= 0.6 is 0 Å². The van der Waals surface area contributed by atoms with Crippen molar-refractivity contribution in [2.75, 3.05) is 19.6 Å². The minimum atomic E-state index is 0.746. The number of piperazine rings is 1. The van der Waals surface area contributed by atoms with Gasteiger partial charge in [-0.15, -0.1) is 0 Å². The van der Waals surface area contributed by atoms with Crippen LogP contribution in [0.15, 0.2) is 0 Å². The Morgan fingerprint density at radius 1 is 1.27 bits per heavy atom. The molecule has 0 aromatic rings. The van der Waals surface area contributed by atoms with Gasteiger partial charge in [-0.25, -0.2) is 0 Å². The van der Waals surface area contributed by atoms with Crippen molar-refractivity contribution in [1.29, 1.82) is 0 Å². The van der Waals surface area contributed by atoms with Crippen LogP contribution < -0.4 is 5.32 Å². The van der Waals surface area contributed by atoms with Crippen LogP contribution in [-0.4, -0.2) is 36.6 Å². The van der Waals surface area contributed by atoms with Gasteiger partial charge in [0.05, 0.1) is 0 Å². The average Bonchev–Trinajstić information content (AvgIpc) is 2.30. The minimum Gasteiger partial charge on any atom is -0.314 e. The van der Waals surface area contributed by atoms with E-state index in [1.54, 1.807) is 0 Å². The fourth-order valence-corrected chi connectivity index (χ4v) is 3.45. The van der Waals surface area contributed by atoms with E-state index in [1.165, 1.54) is 51.7 Å². The van der Waals surface area contributed by atoms with Crippen LogP contribution in [0.5, 0.6) is 0 Å². The van der Waals surface area contributed by atoms with Crippen LogP contribution in [0.25, 0.3) is 0 Å². The molecule has 0 aromatic carbocycles. The highest BCUT2D eigenvalue weighted by atomic mass is 15.2. The third kappa shape index (κ3) is 2.54. The van der Waals surface area contributed by atoms with Crippen molar-refractivity contribution < 1.29 is 0 Å². The molecule has 3 atom stereocenters. The van der Waals surface area contributed by atoms with Gasteiger partial charge in [0.15, 0.2) is 0 Å². The summed E-state index contributed by atoms with van der Waals surface area (Å²) in [4.78, 5) is 2.78. The summed E-state index contributed by atoms with van der Waals surface area (Å²) in [6, 6.07) is 1.64. The molecule has 2 heteroatoms. The molecule has 2 nitrogen and oxygen atoms in total. The summed E-state index contributed by atoms with van der Waals surface area (Å²) in [5.74, 6) is 0.972. The van der Waals surface area contributed by atoms with Crippen LogP contribution in [0, 0.1) is 5.92 Å². The molecule has 1 heterocycles. The maximum Gasteiger partial charge on any atom is 0.0195 e. The Morgan fingerprint density at radius 3 is 2.80 bits per heavy atom. The van der Waals surface area contributed by atoms with Gasteiger partial charge in [-0.05, 0) is 25.7 Å². The smallest absolute Gasteiger partial charge is 0.0195 e. The summed E-state index contributed by atoms with van der Waals surface area (Å²) < 4.78 is 0. The van der Waals surface area contributed by atoms with Crippen molar-refractivity contribution >= 4 is 0 Å². The maximum absolute atomic E-state index is 3.49. The van der Waals surface area contributed by atoms with E-state index in [9.17, 15) is 0 Å². The maximum atomic E-state index is 3.49. The number of nitrogens with one attached hydrogen (secondary N) is 1. The van der Waals surface area contributed by atoms with Gasteiger partial charge in [-0.3, -0.25) is 4.90 Å². The topological polar surface area (TPSA) is 15.3 Å². The molecule has 2 rings (SSSR count). The predicted molar refractivity (Wildman–Crippen MR) is 65.1 cm³/mol. The van der Waals surface area contributed by atoms with Crippen LogP contribution in [0.4, 0.5) is 0 Å². The van der Waals surface area contributed by atoms with E-state index in [4.69, 9.17) is 0 Å². The first kappa shape index (κ1) is 11.4. The molecule has 1 saturated carbocycles. The van der Waals surface area contributed by atoms with Crippen LogP contribution in [0.3, 0.4) is 0 Å². The Hall–Kier alpha value is -0.0800. The lowest BCUT2D eigenvalue weighted by molar-refractivity contribution is 0.0521. The molecule has 2 unspecified atom stereocenters. The molecule has 1 saturated heterocycles. The second kappa shape index (κ2) is 5.31. The van der Waals surface area contributed by atoms with E-state index in [2.05, 4.69) is 24.1 Å². The average molecular weight is 210 g/mol. The van der Waals surface area contributed by atoms with Gasteiger partial charge in [-0.1, -0.05) is 26.2 Å². The van der Waals surface area contributed by atoms with E-state index in [0.717, 1.165) is 18.0 Å². The minimum absolute atomic E-state index is 0.746. The monoisotopic (exact) mass is 210 g/mol. The number of rotatable bonds is 2. The number of nitrogens with zero attached hydrogens (tertiary/aromatic N) is 1. The number of hydrogen-bond acceptors (Lipinski definition) is 2. The molecule has 1 aliphatic carbocycles. The molecule has 0 aromatic heterocycles. The van der Waals surface area contributed by atoms with E-state index in [-0.39, 0.29) is 0 Å². The summed E-state index contributed by atoms with van der Waals surface area (Å²) in [5.41, 5.74) is 0.